The molecule has 0 radical (unpaired) electrons. The lowest BCUT2D eigenvalue weighted by Gasteiger charge is -2.15. The third-order valence-electron chi connectivity index (χ3n) is 2.47. The summed E-state index contributed by atoms with van der Waals surface area (Å²) in [5.41, 5.74) is 5.93. The Labute approximate surface area is 83.4 Å². The monoisotopic (exact) mass is 193 g/mol. The highest BCUT2D eigenvalue weighted by molar-refractivity contribution is 5.03. The lowest BCUT2D eigenvalue weighted by molar-refractivity contribution is 0.0953. The van der Waals surface area contributed by atoms with Crippen molar-refractivity contribution in [2.75, 3.05) is 6.61 Å². The maximum absolute atomic E-state index is 5.93. The second-order valence-corrected chi connectivity index (χ2v) is 3.47. The van der Waals surface area contributed by atoms with Gasteiger partial charge >= 0.3 is 0 Å². The third-order valence-corrected chi connectivity index (χ3v) is 2.47. The van der Waals surface area contributed by atoms with Crippen LogP contribution in [0.15, 0.2) is 25.0 Å². The Morgan fingerprint density at radius 3 is 3.29 bits per heavy atom. The fraction of sp³-hybridized carbons (Fsp3) is 0.500. The van der Waals surface area contributed by atoms with Gasteiger partial charge < -0.3 is 15.0 Å². The maximum Gasteiger partial charge on any atom is 0.139 e. The van der Waals surface area contributed by atoms with Crippen molar-refractivity contribution in [3.8, 4) is 0 Å². The Bertz CT molecular complexity index is 321. The SMILES string of the molecule is C=CCn1ccnc1C1OCCC1N. The summed E-state index contributed by atoms with van der Waals surface area (Å²) in [6.07, 6.45) is 6.39. The van der Waals surface area contributed by atoms with Gasteiger partial charge in [0.15, 0.2) is 0 Å². The molecule has 14 heavy (non-hydrogen) atoms. The Morgan fingerprint density at radius 1 is 1.79 bits per heavy atom. The fourth-order valence-corrected chi connectivity index (χ4v) is 1.74. The van der Waals surface area contributed by atoms with E-state index in [0.29, 0.717) is 0 Å². The smallest absolute Gasteiger partial charge is 0.139 e. The van der Waals surface area contributed by atoms with Crippen LogP contribution in [-0.4, -0.2) is 22.2 Å². The quantitative estimate of drug-likeness (QED) is 0.724. The summed E-state index contributed by atoms with van der Waals surface area (Å²) in [6, 6.07) is 0.0703. The molecule has 4 nitrogen and oxygen atoms in total. The van der Waals surface area contributed by atoms with Crippen molar-refractivity contribution in [2.24, 2.45) is 5.73 Å². The highest BCUT2D eigenvalue weighted by atomic mass is 16.5. The molecular weight excluding hydrogens is 178 g/mol. The zero-order valence-corrected chi connectivity index (χ0v) is 8.10. The van der Waals surface area contributed by atoms with Gasteiger partial charge in [0.1, 0.15) is 11.9 Å². The van der Waals surface area contributed by atoms with Crippen molar-refractivity contribution >= 4 is 0 Å². The van der Waals surface area contributed by atoms with E-state index in [9.17, 15) is 0 Å². The number of allylic oxidation sites excluding steroid dienone is 1. The summed E-state index contributed by atoms with van der Waals surface area (Å²) < 4.78 is 7.57. The molecule has 0 aromatic carbocycles. The summed E-state index contributed by atoms with van der Waals surface area (Å²) in [5.74, 6) is 0.912. The molecule has 0 spiro atoms. The average Bonchev–Trinajstić information content (AvgIpc) is 2.74. The van der Waals surface area contributed by atoms with Crippen LogP contribution in [0.3, 0.4) is 0 Å². The van der Waals surface area contributed by atoms with Gasteiger partial charge in [-0.15, -0.1) is 6.58 Å². The van der Waals surface area contributed by atoms with E-state index in [1.54, 1.807) is 6.20 Å². The molecule has 76 valence electrons. The van der Waals surface area contributed by atoms with E-state index in [-0.39, 0.29) is 12.1 Å². The van der Waals surface area contributed by atoms with Gasteiger partial charge in [-0.05, 0) is 6.42 Å². The predicted molar refractivity (Wildman–Crippen MR) is 53.7 cm³/mol. The molecule has 2 rings (SSSR count). The van der Waals surface area contributed by atoms with Crippen LogP contribution >= 0.6 is 0 Å². The van der Waals surface area contributed by atoms with Gasteiger partial charge in [-0.25, -0.2) is 4.98 Å². The minimum atomic E-state index is -0.0510. The number of aromatic nitrogens is 2. The van der Waals surface area contributed by atoms with Gasteiger partial charge in [-0.3, -0.25) is 0 Å². The van der Waals surface area contributed by atoms with Crippen LogP contribution in [0.5, 0.6) is 0 Å². The molecular formula is C10H15N3O. The highest BCUT2D eigenvalue weighted by Crippen LogP contribution is 2.26. The van der Waals surface area contributed by atoms with Crippen LogP contribution in [0.25, 0.3) is 0 Å². The van der Waals surface area contributed by atoms with Crippen LogP contribution < -0.4 is 5.73 Å². The minimum absolute atomic E-state index is 0.0510. The Balaban J connectivity index is 2.21. The molecule has 2 N–H and O–H groups in total. The summed E-state index contributed by atoms with van der Waals surface area (Å²) in [7, 11) is 0. The molecule has 2 unspecified atom stereocenters. The molecule has 1 aromatic heterocycles. The first-order valence-corrected chi connectivity index (χ1v) is 4.82. The number of ether oxygens (including phenoxy) is 1. The van der Waals surface area contributed by atoms with Crippen molar-refractivity contribution in [3.63, 3.8) is 0 Å². The first-order valence-electron chi connectivity index (χ1n) is 4.82. The van der Waals surface area contributed by atoms with E-state index < -0.39 is 0 Å². The zero-order chi connectivity index (χ0) is 9.97. The first kappa shape index (κ1) is 9.43. The molecule has 0 amide bonds. The number of imidazole rings is 1. The highest BCUT2D eigenvalue weighted by Gasteiger charge is 2.29. The topological polar surface area (TPSA) is 53.1 Å². The molecule has 4 heteroatoms. The van der Waals surface area contributed by atoms with Gasteiger partial charge in [0, 0.05) is 31.6 Å². The molecule has 0 bridgehead atoms. The van der Waals surface area contributed by atoms with E-state index in [1.807, 2.05) is 16.8 Å². The van der Waals surface area contributed by atoms with Crippen LogP contribution in [0.2, 0.25) is 0 Å². The largest absolute Gasteiger partial charge is 0.369 e. The minimum Gasteiger partial charge on any atom is -0.369 e. The van der Waals surface area contributed by atoms with Gasteiger partial charge in [-0.1, -0.05) is 6.08 Å². The number of hydrogen-bond acceptors (Lipinski definition) is 3. The van der Waals surface area contributed by atoms with Crippen LogP contribution in [0, 0.1) is 0 Å². The number of nitrogens with zero attached hydrogens (tertiary/aromatic N) is 2. The van der Waals surface area contributed by atoms with Gasteiger partial charge in [0.2, 0.25) is 0 Å². The second kappa shape index (κ2) is 3.94. The van der Waals surface area contributed by atoms with Crippen molar-refractivity contribution in [1.29, 1.82) is 0 Å². The molecule has 2 heterocycles. The molecule has 1 aromatic rings. The standard InChI is InChI=1S/C10H15N3O/c1-2-5-13-6-4-12-10(13)9-8(11)3-7-14-9/h2,4,6,8-9H,1,3,5,7,11H2. The molecule has 1 aliphatic heterocycles. The third kappa shape index (κ3) is 1.58. The van der Waals surface area contributed by atoms with E-state index in [2.05, 4.69) is 11.6 Å². The second-order valence-electron chi connectivity index (χ2n) is 3.47. The Morgan fingerprint density at radius 2 is 2.64 bits per heavy atom. The van der Waals surface area contributed by atoms with Gasteiger partial charge in [-0.2, -0.15) is 0 Å². The molecule has 1 saturated heterocycles. The number of hydrogen-bond donors (Lipinski definition) is 1. The first-order chi connectivity index (χ1) is 6.83. The van der Waals surface area contributed by atoms with Crippen LogP contribution in [0.4, 0.5) is 0 Å². The lowest BCUT2D eigenvalue weighted by atomic mass is 10.1. The molecule has 2 atom stereocenters. The van der Waals surface area contributed by atoms with Crippen molar-refractivity contribution in [1.82, 2.24) is 9.55 Å². The van der Waals surface area contributed by atoms with E-state index in [0.717, 1.165) is 25.4 Å². The fourth-order valence-electron chi connectivity index (χ4n) is 1.74. The number of rotatable bonds is 3. The maximum atomic E-state index is 5.93. The average molecular weight is 193 g/mol. The normalized spacial score (nSPS) is 26.6. The summed E-state index contributed by atoms with van der Waals surface area (Å²) >= 11 is 0. The molecule has 0 saturated carbocycles. The summed E-state index contributed by atoms with van der Waals surface area (Å²) in [6.45, 7) is 5.18. The van der Waals surface area contributed by atoms with E-state index in [1.165, 1.54) is 0 Å². The van der Waals surface area contributed by atoms with Crippen molar-refractivity contribution < 1.29 is 4.74 Å². The Hall–Kier alpha value is -1.13. The van der Waals surface area contributed by atoms with Crippen LogP contribution in [-0.2, 0) is 11.3 Å². The predicted octanol–water partition coefficient (Wildman–Crippen LogP) is 0.858. The summed E-state index contributed by atoms with van der Waals surface area (Å²) in [5, 5.41) is 0. The number of nitrogens with two attached hydrogens (primary N) is 1. The lowest BCUT2D eigenvalue weighted by Crippen LogP contribution is -2.25. The molecule has 1 aliphatic rings. The molecule has 1 fully saturated rings. The Kier molecular flexibility index (Phi) is 2.65. The van der Waals surface area contributed by atoms with E-state index >= 15 is 0 Å². The van der Waals surface area contributed by atoms with Gasteiger partial charge in [0.05, 0.1) is 0 Å². The zero-order valence-electron chi connectivity index (χ0n) is 8.10. The van der Waals surface area contributed by atoms with Crippen molar-refractivity contribution in [2.45, 2.75) is 25.1 Å². The molecule has 0 aliphatic carbocycles. The summed E-state index contributed by atoms with van der Waals surface area (Å²) in [4.78, 5) is 4.28. The van der Waals surface area contributed by atoms with Crippen LogP contribution in [0.1, 0.15) is 18.3 Å². The van der Waals surface area contributed by atoms with E-state index in [4.69, 9.17) is 10.5 Å². The van der Waals surface area contributed by atoms with Gasteiger partial charge in [0.25, 0.3) is 0 Å². The van der Waals surface area contributed by atoms with Crippen molar-refractivity contribution in [3.05, 3.63) is 30.9 Å².